The van der Waals surface area contributed by atoms with Gasteiger partial charge < -0.3 is 64.8 Å². The molecule has 4 aliphatic heterocycles. The van der Waals surface area contributed by atoms with Gasteiger partial charge in [-0.3, -0.25) is 57.5 Å². The van der Waals surface area contributed by atoms with Crippen LogP contribution in [0.4, 0.5) is 13.2 Å². The maximum atomic E-state index is 15.9. The minimum atomic E-state index is -4.76. The number of nitrogens with one attached hydrogen (secondary N) is 3. The fourth-order valence-corrected chi connectivity index (χ4v) is 16.9. The Kier molecular flexibility index (Phi) is 28.1. The molecule has 3 aliphatic carbocycles. The number of likely N-dealkylation sites (N-methyl/N-ethyl adjacent to an activating group) is 7. The lowest BCUT2D eigenvalue weighted by molar-refractivity contribution is -0.159. The van der Waals surface area contributed by atoms with E-state index in [-0.39, 0.29) is 82.7 Å². The lowest BCUT2D eigenvalue weighted by atomic mass is 9.81. The number of fused-ring (bicyclic) bond motifs is 3. The van der Waals surface area contributed by atoms with Crippen molar-refractivity contribution in [2.75, 3.05) is 88.7 Å². The molecule has 102 heavy (non-hydrogen) atoms. The number of aryl methyl sites for hydroxylation is 1. The Balaban J connectivity index is 1.17. The first kappa shape index (κ1) is 80.6. The number of ether oxygens (including phenoxy) is 1. The molecule has 2 unspecified atom stereocenters. The van der Waals surface area contributed by atoms with Crippen LogP contribution >= 0.6 is 11.6 Å². The van der Waals surface area contributed by atoms with Gasteiger partial charge in [-0.05, 0) is 112 Å². The van der Waals surface area contributed by atoms with E-state index in [0.717, 1.165) is 78.2 Å². The highest BCUT2D eigenvalue weighted by molar-refractivity contribution is 6.31. The van der Waals surface area contributed by atoms with Crippen LogP contribution in [-0.2, 0) is 74.9 Å². The zero-order valence-electron chi connectivity index (χ0n) is 61.4. The molecule has 29 heteroatoms. The molecule has 568 valence electrons. The summed E-state index contributed by atoms with van der Waals surface area (Å²) in [7, 11) is 10.0. The average molecular weight is 1460 g/mol. The summed E-state index contributed by atoms with van der Waals surface area (Å²) in [5, 5.41) is 8.19. The topological polar surface area (TPSA) is 279 Å². The van der Waals surface area contributed by atoms with Crippen LogP contribution in [0, 0.1) is 17.8 Å². The molecular weight excluding hydrogens is 1350 g/mol. The third kappa shape index (κ3) is 19.1. The number of carbonyl (C=O) groups excluding carboxylic acids is 12. The Labute approximate surface area is 603 Å². The van der Waals surface area contributed by atoms with Crippen molar-refractivity contribution in [3.05, 3.63) is 34.3 Å². The van der Waals surface area contributed by atoms with Crippen LogP contribution in [0.5, 0.6) is 0 Å². The van der Waals surface area contributed by atoms with Crippen LogP contribution in [0.2, 0.25) is 5.02 Å². The number of carbonyl (C=O) groups is 12. The number of nitrogens with zero attached hydrogens (tertiary/aromatic N) is 9. The van der Waals surface area contributed by atoms with Gasteiger partial charge >= 0.3 is 6.18 Å². The molecule has 0 aromatic heterocycles. The molecule has 4 heterocycles. The molecule has 3 N–H and O–H groups in total. The third-order valence-corrected chi connectivity index (χ3v) is 23.4. The molecule has 12 amide bonds. The van der Waals surface area contributed by atoms with Gasteiger partial charge in [0, 0.05) is 55.9 Å². The molecule has 10 atom stereocenters. The molecule has 7 fully saturated rings. The summed E-state index contributed by atoms with van der Waals surface area (Å²) >= 11 is 6.17. The van der Waals surface area contributed by atoms with Crippen molar-refractivity contribution in [3.8, 4) is 0 Å². The molecule has 1 spiro atoms. The first-order valence-electron chi connectivity index (χ1n) is 37.1. The van der Waals surface area contributed by atoms with Gasteiger partial charge in [0.05, 0.1) is 61.9 Å². The number of hydrogen-bond acceptors (Lipinski definition) is 13. The van der Waals surface area contributed by atoms with Gasteiger partial charge in [0.1, 0.15) is 47.8 Å². The Bertz CT molecular complexity index is 3200. The number of benzene rings is 1. The largest absolute Gasteiger partial charge is 0.417 e. The quantitative estimate of drug-likeness (QED) is 0.245. The van der Waals surface area contributed by atoms with Crippen LogP contribution in [-0.4, -0.2) is 264 Å². The maximum Gasteiger partial charge on any atom is 0.417 e. The summed E-state index contributed by atoms with van der Waals surface area (Å²) in [5.41, 5.74) is -2.35. The zero-order valence-corrected chi connectivity index (χ0v) is 62.2. The van der Waals surface area contributed by atoms with E-state index in [1.165, 1.54) is 79.9 Å². The molecular formula is C73H110ClF3N12O13. The number of halogens is 4. The molecule has 1 aromatic rings. The summed E-state index contributed by atoms with van der Waals surface area (Å²) in [6.45, 7) is 4.27. The van der Waals surface area contributed by atoms with Crippen molar-refractivity contribution in [2.24, 2.45) is 17.8 Å². The first-order valence-corrected chi connectivity index (χ1v) is 37.5. The fraction of sp³-hybridized carbons (Fsp3) is 0.753. The van der Waals surface area contributed by atoms with Crippen molar-refractivity contribution in [3.63, 3.8) is 0 Å². The third-order valence-electron chi connectivity index (χ3n) is 23.0. The van der Waals surface area contributed by atoms with Crippen molar-refractivity contribution >= 4 is 82.5 Å². The molecule has 8 rings (SSSR count). The van der Waals surface area contributed by atoms with Crippen molar-refractivity contribution in [1.82, 2.24) is 60.0 Å². The predicted molar refractivity (Wildman–Crippen MR) is 373 cm³/mol. The standard InChI is InChI=1S/C73H110ClF3N12O13/c1-11-22-54-64(94)79-62(45(3)12-2)69(99)83(6)41-60(92)81(4)42-61(93)85(8)56(38-46-23-15-13-16-24-46)67(97)82(5)40-58(90)78-53(33-29-47-28-32-51(52(74)37-47)73(75,76)77)66(96)88-36-21-27-55(88)65(95)80-72(34-19-20-35-72)71(101)87(10)63(48-25-17-14-18-26-48)70(100)86(9)57(39-59(91)84(54)7)68(98)89-49-30-31-50(89)44-102-43-49/h28,32,37,45-46,48-50,53-57,62-63H,11-27,29-31,33-36,38-44H2,1-10H3,(H,78,90)(H,79,94)(H,80,95)/t45-,49?,50?,53-,54-,55-,56-,57-,62-,63-/m0/s1. The van der Waals surface area contributed by atoms with Crippen LogP contribution in [0.3, 0.4) is 0 Å². The van der Waals surface area contributed by atoms with Gasteiger partial charge in [0.15, 0.2) is 0 Å². The van der Waals surface area contributed by atoms with Gasteiger partial charge in [-0.15, -0.1) is 0 Å². The van der Waals surface area contributed by atoms with E-state index in [1.807, 2.05) is 13.8 Å². The van der Waals surface area contributed by atoms with E-state index < -0.39 is 173 Å². The summed E-state index contributed by atoms with van der Waals surface area (Å²) in [6.07, 6.45) is 6.41. The highest BCUT2D eigenvalue weighted by atomic mass is 35.5. The van der Waals surface area contributed by atoms with Crippen LogP contribution in [0.15, 0.2) is 18.2 Å². The van der Waals surface area contributed by atoms with Gasteiger partial charge in [-0.1, -0.05) is 115 Å². The van der Waals surface area contributed by atoms with Crippen LogP contribution < -0.4 is 16.0 Å². The molecule has 3 saturated carbocycles. The van der Waals surface area contributed by atoms with E-state index >= 15 is 28.8 Å². The molecule has 25 nitrogen and oxygen atoms in total. The minimum Gasteiger partial charge on any atom is -0.377 e. The van der Waals surface area contributed by atoms with Crippen molar-refractivity contribution in [2.45, 2.75) is 247 Å². The number of morpholine rings is 1. The van der Waals surface area contributed by atoms with Gasteiger partial charge in [0.2, 0.25) is 70.9 Å². The normalized spacial score (nSPS) is 28.5. The number of hydrogen-bond donors (Lipinski definition) is 3. The van der Waals surface area contributed by atoms with Crippen molar-refractivity contribution < 1.29 is 75.4 Å². The first-order chi connectivity index (χ1) is 48.3. The Morgan fingerprint density at radius 3 is 1.85 bits per heavy atom. The Morgan fingerprint density at radius 1 is 0.637 bits per heavy atom. The zero-order chi connectivity index (χ0) is 74.7. The molecule has 0 radical (unpaired) electrons. The number of amides is 12. The van der Waals surface area contributed by atoms with E-state index in [9.17, 15) is 41.9 Å². The highest BCUT2D eigenvalue weighted by Gasteiger charge is 2.53. The van der Waals surface area contributed by atoms with Gasteiger partial charge in [0.25, 0.3) is 0 Å². The maximum absolute atomic E-state index is 15.9. The van der Waals surface area contributed by atoms with E-state index in [2.05, 4.69) is 16.0 Å². The average Bonchev–Trinajstić information content (AvgIpc) is 1.46. The summed E-state index contributed by atoms with van der Waals surface area (Å²) in [6, 6.07) is -6.27. The molecule has 1 aromatic carbocycles. The fourth-order valence-electron chi connectivity index (χ4n) is 16.6. The lowest BCUT2D eigenvalue weighted by Gasteiger charge is -2.44. The van der Waals surface area contributed by atoms with E-state index in [1.54, 1.807) is 11.8 Å². The number of rotatable bonds is 11. The second-order valence-electron chi connectivity index (χ2n) is 30.1. The summed E-state index contributed by atoms with van der Waals surface area (Å²) in [5.74, 6) is -8.61. The monoisotopic (exact) mass is 1450 g/mol. The lowest BCUT2D eigenvalue weighted by Crippen LogP contribution is -2.65. The highest BCUT2D eigenvalue weighted by Crippen LogP contribution is 2.39. The minimum absolute atomic E-state index is 0.0179. The van der Waals surface area contributed by atoms with Crippen molar-refractivity contribution in [1.29, 1.82) is 0 Å². The van der Waals surface area contributed by atoms with Gasteiger partial charge in [-0.2, -0.15) is 13.2 Å². The summed E-state index contributed by atoms with van der Waals surface area (Å²) < 4.78 is 47.6. The van der Waals surface area contributed by atoms with Gasteiger partial charge in [-0.25, -0.2) is 0 Å². The van der Waals surface area contributed by atoms with Crippen LogP contribution in [0.1, 0.15) is 186 Å². The Morgan fingerprint density at radius 2 is 1.25 bits per heavy atom. The smallest absolute Gasteiger partial charge is 0.377 e. The second-order valence-corrected chi connectivity index (χ2v) is 30.5. The second kappa shape index (κ2) is 35.6. The summed E-state index contributed by atoms with van der Waals surface area (Å²) in [4.78, 5) is 192. The molecule has 4 saturated heterocycles. The van der Waals surface area contributed by atoms with Crippen LogP contribution in [0.25, 0.3) is 0 Å². The van der Waals surface area contributed by atoms with E-state index in [0.29, 0.717) is 63.4 Å². The molecule has 2 bridgehead atoms. The Hall–Kier alpha value is -7.10. The number of alkyl halides is 3. The SMILES string of the molecule is CCC[C@H]1C(=O)N[C@@H]([C@@H](C)CC)C(=O)N(C)CC(=O)N(C)CC(=O)N(C)[C@@H](CC2CCCCC2)C(=O)N(C)CC(=O)N[C@@H](CCc2ccc(C(F)(F)F)c(Cl)c2)C(=O)N2CCC[C@H]2C(=O)NC2(CCCC2)C(=O)N(C)[C@@H](C2CCCCC2)C(=O)N(C)[C@H](C(=O)N2C3CCC2COC3)CC(=O)N1C. The predicted octanol–water partition coefficient (Wildman–Crippen LogP) is 5.55. The molecule has 7 aliphatic rings. The van der Waals surface area contributed by atoms with E-state index in [4.69, 9.17) is 16.3 Å².